The second-order valence-electron chi connectivity index (χ2n) is 6.83. The molecule has 0 aliphatic rings. The molecule has 0 fully saturated rings. The van der Waals surface area contributed by atoms with Crippen LogP contribution < -0.4 is 17.0 Å². The van der Waals surface area contributed by atoms with Gasteiger partial charge in [0, 0.05) is 5.75 Å². The molecule has 0 bridgehead atoms. The van der Waals surface area contributed by atoms with Crippen molar-refractivity contribution < 1.29 is 41.5 Å². The molecule has 2 aromatic rings. The maximum Gasteiger partial charge on any atom is 0.519 e. The molecule has 2 heterocycles. The molecule has 12 nitrogen and oxygen atoms in total. The van der Waals surface area contributed by atoms with Gasteiger partial charge >= 0.3 is 22.9 Å². The van der Waals surface area contributed by atoms with Crippen molar-refractivity contribution in [2.75, 3.05) is 5.75 Å². The fraction of sp³-hybridized carbons (Fsp3) is 0.500. The SMILES string of the molecule is Cc1oc(=O)oc1COC(=O)SC(C)(C)C(=O)N[C@@H](CS)C(=O)OCc1oc(=O)oc1C. The van der Waals surface area contributed by atoms with Crippen LogP contribution in [0.3, 0.4) is 0 Å². The van der Waals surface area contributed by atoms with Crippen molar-refractivity contribution in [1.29, 1.82) is 0 Å². The van der Waals surface area contributed by atoms with Gasteiger partial charge in [0.15, 0.2) is 36.3 Å². The number of nitrogens with one attached hydrogen (secondary N) is 1. The van der Waals surface area contributed by atoms with Crippen molar-refractivity contribution in [3.63, 3.8) is 0 Å². The molecule has 2 aromatic heterocycles. The number of hydrogen-bond donors (Lipinski definition) is 2. The first-order chi connectivity index (χ1) is 14.9. The summed E-state index contributed by atoms with van der Waals surface area (Å²) < 4.78 is 27.5. The number of thioether (sulfide) groups is 1. The molecule has 1 atom stereocenters. The summed E-state index contributed by atoms with van der Waals surface area (Å²) in [5.41, 5.74) is 0. The molecule has 2 rings (SSSR count). The number of hydrogen-bond acceptors (Lipinski definition) is 13. The topological polar surface area (TPSA) is 168 Å². The number of amides is 1. The molecule has 0 spiro atoms. The maximum absolute atomic E-state index is 12.6. The van der Waals surface area contributed by atoms with Crippen LogP contribution in [0.4, 0.5) is 4.79 Å². The smallest absolute Gasteiger partial charge is 0.456 e. The third-order valence-corrected chi connectivity index (χ3v) is 5.34. The summed E-state index contributed by atoms with van der Waals surface area (Å²) in [6, 6.07) is -1.14. The van der Waals surface area contributed by atoms with E-state index in [0.717, 1.165) is 0 Å². The number of rotatable bonds is 9. The van der Waals surface area contributed by atoms with Crippen LogP contribution in [0.2, 0.25) is 0 Å². The minimum absolute atomic E-state index is 0.0370. The Morgan fingerprint density at radius 3 is 1.91 bits per heavy atom. The highest BCUT2D eigenvalue weighted by atomic mass is 32.2. The van der Waals surface area contributed by atoms with Gasteiger partial charge in [0.2, 0.25) is 5.91 Å². The second-order valence-corrected chi connectivity index (χ2v) is 8.76. The van der Waals surface area contributed by atoms with Gasteiger partial charge in [-0.2, -0.15) is 12.6 Å². The van der Waals surface area contributed by atoms with E-state index < -0.39 is 39.6 Å². The molecule has 176 valence electrons. The Kier molecular flexibility index (Phi) is 8.44. The summed E-state index contributed by atoms with van der Waals surface area (Å²) in [6.45, 7) is 5.10. The van der Waals surface area contributed by atoms with Gasteiger partial charge in [-0.15, -0.1) is 0 Å². The molecule has 32 heavy (non-hydrogen) atoms. The first-order valence-corrected chi connectivity index (χ1v) is 10.5. The molecule has 0 saturated carbocycles. The molecule has 0 aliphatic heterocycles. The molecule has 14 heteroatoms. The Labute approximate surface area is 190 Å². The fourth-order valence-corrected chi connectivity index (χ4v) is 3.10. The summed E-state index contributed by atoms with van der Waals surface area (Å²) in [5, 5.41) is 1.63. The molecule has 1 N–H and O–H groups in total. The van der Waals surface area contributed by atoms with Crippen LogP contribution in [0.1, 0.15) is 36.9 Å². The predicted molar refractivity (Wildman–Crippen MR) is 111 cm³/mol. The van der Waals surface area contributed by atoms with Crippen molar-refractivity contribution in [1.82, 2.24) is 5.32 Å². The van der Waals surface area contributed by atoms with Crippen LogP contribution >= 0.6 is 24.4 Å². The Morgan fingerprint density at radius 1 is 0.969 bits per heavy atom. The second kappa shape index (κ2) is 10.6. The summed E-state index contributed by atoms with van der Waals surface area (Å²) in [4.78, 5) is 59.0. The van der Waals surface area contributed by atoms with E-state index in [9.17, 15) is 24.0 Å². The van der Waals surface area contributed by atoms with Crippen molar-refractivity contribution in [2.24, 2.45) is 0 Å². The van der Waals surface area contributed by atoms with Gasteiger partial charge in [-0.1, -0.05) is 0 Å². The quantitative estimate of drug-likeness (QED) is 0.385. The number of carbonyl (C=O) groups excluding carboxylic acids is 3. The average molecular weight is 491 g/mol. The molecule has 0 aliphatic carbocycles. The number of esters is 1. The Morgan fingerprint density at radius 2 is 1.47 bits per heavy atom. The highest BCUT2D eigenvalue weighted by Gasteiger charge is 2.35. The summed E-state index contributed by atoms with van der Waals surface area (Å²) in [7, 11) is 0. The molecular formula is C18H21NO11S2. The van der Waals surface area contributed by atoms with Gasteiger partial charge in [-0.05, 0) is 39.5 Å². The summed E-state index contributed by atoms with van der Waals surface area (Å²) in [5.74, 6) is -3.01. The van der Waals surface area contributed by atoms with E-state index in [1.807, 2.05) is 0 Å². The lowest BCUT2D eigenvalue weighted by atomic mass is 10.2. The lowest BCUT2D eigenvalue weighted by Gasteiger charge is -2.24. The van der Waals surface area contributed by atoms with E-state index in [4.69, 9.17) is 18.3 Å². The largest absolute Gasteiger partial charge is 0.519 e. The number of carbonyl (C=O) groups is 3. The number of ether oxygens (including phenoxy) is 2. The summed E-state index contributed by atoms with van der Waals surface area (Å²) in [6.07, 6.45) is 0. The molecule has 0 saturated heterocycles. The average Bonchev–Trinajstić information content (AvgIpc) is 3.20. The molecule has 1 amide bonds. The Hall–Kier alpha value is -2.87. The third kappa shape index (κ3) is 6.82. The molecule has 0 radical (unpaired) electrons. The van der Waals surface area contributed by atoms with Crippen LogP contribution in [0.15, 0.2) is 27.3 Å². The van der Waals surface area contributed by atoms with Gasteiger partial charge in [0.1, 0.15) is 6.04 Å². The molecular weight excluding hydrogens is 470 g/mol. The fourth-order valence-electron chi connectivity index (χ4n) is 2.17. The van der Waals surface area contributed by atoms with Crippen LogP contribution in [0.25, 0.3) is 0 Å². The van der Waals surface area contributed by atoms with Crippen LogP contribution in [0.5, 0.6) is 0 Å². The zero-order valence-corrected chi connectivity index (χ0v) is 19.3. The Balaban J connectivity index is 1.89. The monoisotopic (exact) mass is 491 g/mol. The van der Waals surface area contributed by atoms with Crippen LogP contribution in [-0.2, 0) is 32.3 Å². The van der Waals surface area contributed by atoms with Crippen molar-refractivity contribution in [3.8, 4) is 0 Å². The van der Waals surface area contributed by atoms with Crippen molar-refractivity contribution >= 4 is 41.6 Å². The summed E-state index contributed by atoms with van der Waals surface area (Å²) >= 11 is 4.59. The zero-order valence-electron chi connectivity index (χ0n) is 17.5. The Bertz CT molecular complexity index is 1090. The number of thiol groups is 1. The van der Waals surface area contributed by atoms with Crippen molar-refractivity contribution in [2.45, 2.75) is 51.7 Å². The van der Waals surface area contributed by atoms with E-state index in [0.29, 0.717) is 11.8 Å². The van der Waals surface area contributed by atoms with Crippen molar-refractivity contribution in [3.05, 3.63) is 44.3 Å². The van der Waals surface area contributed by atoms with Gasteiger partial charge in [-0.3, -0.25) is 4.79 Å². The highest BCUT2D eigenvalue weighted by Crippen LogP contribution is 2.27. The first-order valence-electron chi connectivity index (χ1n) is 9.06. The van der Waals surface area contributed by atoms with Gasteiger partial charge < -0.3 is 32.5 Å². The van der Waals surface area contributed by atoms with E-state index in [1.54, 1.807) is 0 Å². The number of aryl methyl sites for hydroxylation is 2. The van der Waals surface area contributed by atoms with E-state index >= 15 is 0 Å². The van der Waals surface area contributed by atoms with E-state index in [-0.39, 0.29) is 42.0 Å². The first kappa shape index (κ1) is 25.4. The van der Waals surface area contributed by atoms with Gasteiger partial charge in [0.05, 0.1) is 4.75 Å². The van der Waals surface area contributed by atoms with Crippen LogP contribution in [-0.4, -0.2) is 33.7 Å². The normalized spacial score (nSPS) is 12.3. The minimum atomic E-state index is -1.33. The lowest BCUT2D eigenvalue weighted by molar-refractivity contribution is -0.149. The highest BCUT2D eigenvalue weighted by molar-refractivity contribution is 8.15. The standard InChI is InChI=1S/C18H21NO11S2/c1-8-11(29-15(22)27-8)5-25-13(20)10(7-31)19-14(21)18(3,4)32-17(24)26-6-12-9(2)28-16(23)30-12/h10,31H,5-7H2,1-4H3,(H,19,21)/t10-/m0/s1. The minimum Gasteiger partial charge on any atom is -0.456 e. The van der Waals surface area contributed by atoms with Gasteiger partial charge in [0.25, 0.3) is 0 Å². The molecule has 0 unspecified atom stereocenters. The lowest BCUT2D eigenvalue weighted by Crippen LogP contribution is -2.50. The van der Waals surface area contributed by atoms with Crippen LogP contribution in [0, 0.1) is 13.8 Å². The molecule has 0 aromatic carbocycles. The van der Waals surface area contributed by atoms with E-state index in [2.05, 4.69) is 26.8 Å². The van der Waals surface area contributed by atoms with E-state index in [1.165, 1.54) is 27.7 Å². The third-order valence-electron chi connectivity index (χ3n) is 4.00. The zero-order chi connectivity index (χ0) is 24.1. The predicted octanol–water partition coefficient (Wildman–Crippen LogP) is 1.70. The van der Waals surface area contributed by atoms with Gasteiger partial charge in [-0.25, -0.2) is 19.2 Å². The maximum atomic E-state index is 12.6.